The van der Waals surface area contributed by atoms with Gasteiger partial charge in [-0.3, -0.25) is 4.79 Å². The highest BCUT2D eigenvalue weighted by atomic mass is 16.7. The van der Waals surface area contributed by atoms with Crippen LogP contribution in [-0.4, -0.2) is 24.6 Å². The van der Waals surface area contributed by atoms with Gasteiger partial charge in [0.2, 0.25) is 5.91 Å². The largest absolute Gasteiger partial charge is 0.448 e. The Morgan fingerprint density at radius 2 is 1.79 bits per heavy atom. The molecule has 0 unspecified atom stereocenters. The number of carbonyl (C=O) groups is 3. The lowest BCUT2D eigenvalue weighted by Gasteiger charge is -2.19. The molecule has 0 aliphatic carbocycles. The van der Waals surface area contributed by atoms with Crippen LogP contribution in [0.2, 0.25) is 0 Å². The van der Waals surface area contributed by atoms with Crippen molar-refractivity contribution in [1.82, 2.24) is 0 Å². The van der Waals surface area contributed by atoms with E-state index in [0.29, 0.717) is 5.06 Å². The Kier molecular flexibility index (Phi) is 4.87. The number of carbonyl (C=O) groups excluding carboxylic acids is 3. The van der Waals surface area contributed by atoms with E-state index in [1.54, 1.807) is 6.92 Å². The van der Waals surface area contributed by atoms with Crippen LogP contribution in [-0.2, 0) is 14.4 Å². The summed E-state index contributed by atoms with van der Waals surface area (Å²) in [5, 5.41) is 0.705. The zero-order valence-corrected chi connectivity index (χ0v) is 10.6. The predicted molar refractivity (Wildman–Crippen MR) is 66.2 cm³/mol. The maximum absolute atomic E-state index is 11.6. The van der Waals surface area contributed by atoms with Crippen LogP contribution in [0.1, 0.15) is 24.2 Å². The van der Waals surface area contributed by atoms with E-state index in [1.165, 1.54) is 24.3 Å². The maximum Gasteiger partial charge on any atom is 0.448 e. The van der Waals surface area contributed by atoms with E-state index in [0.717, 1.165) is 6.92 Å². The van der Waals surface area contributed by atoms with Gasteiger partial charge in [0.25, 0.3) is 0 Å². The van der Waals surface area contributed by atoms with Gasteiger partial charge in [0.15, 0.2) is 0 Å². The summed E-state index contributed by atoms with van der Waals surface area (Å²) in [6.45, 7) is 2.92. The van der Waals surface area contributed by atoms with Crippen molar-refractivity contribution in [2.45, 2.75) is 13.8 Å². The average molecular weight is 266 g/mol. The summed E-state index contributed by atoms with van der Waals surface area (Å²) in [4.78, 5) is 38.3. The number of anilines is 1. The minimum absolute atomic E-state index is 0.135. The highest BCUT2D eigenvalue weighted by Crippen LogP contribution is 2.17. The number of hydrogen-bond donors (Lipinski definition) is 1. The van der Waals surface area contributed by atoms with Crippen LogP contribution in [0.5, 0.6) is 0 Å². The molecule has 2 N–H and O–H groups in total. The second kappa shape index (κ2) is 6.39. The molecule has 0 aliphatic heterocycles. The summed E-state index contributed by atoms with van der Waals surface area (Å²) >= 11 is 0. The topological polar surface area (TPSA) is 98.9 Å². The van der Waals surface area contributed by atoms with Gasteiger partial charge in [-0.05, 0) is 31.2 Å². The molecule has 0 saturated carbocycles. The van der Waals surface area contributed by atoms with Gasteiger partial charge in [-0.15, -0.1) is 5.06 Å². The molecule has 0 aliphatic rings. The highest BCUT2D eigenvalue weighted by Gasteiger charge is 2.20. The van der Waals surface area contributed by atoms with E-state index < -0.39 is 18.0 Å². The molecule has 0 saturated heterocycles. The summed E-state index contributed by atoms with van der Waals surface area (Å²) in [6, 6.07) is 5.65. The molecule has 1 aromatic carbocycles. The molecule has 2 amide bonds. The van der Waals surface area contributed by atoms with Crippen molar-refractivity contribution in [1.29, 1.82) is 0 Å². The molecule has 0 radical (unpaired) electrons. The standard InChI is InChI=1S/C12H14N2O5/c1-3-18-12(17)14(19-8(2)15)10-6-4-9(5-7-10)11(13)16/h4-7H,3H2,1-2H3,(H2,13,16). The van der Waals surface area contributed by atoms with E-state index in [9.17, 15) is 14.4 Å². The number of primary amides is 1. The van der Waals surface area contributed by atoms with E-state index in [-0.39, 0.29) is 17.9 Å². The van der Waals surface area contributed by atoms with Gasteiger partial charge >= 0.3 is 12.1 Å². The molecular formula is C12H14N2O5. The van der Waals surface area contributed by atoms with E-state index in [4.69, 9.17) is 15.3 Å². The molecule has 0 spiro atoms. The van der Waals surface area contributed by atoms with Gasteiger partial charge < -0.3 is 15.3 Å². The quantitative estimate of drug-likeness (QED) is 0.829. The van der Waals surface area contributed by atoms with E-state index >= 15 is 0 Å². The van der Waals surface area contributed by atoms with Gasteiger partial charge in [-0.1, -0.05) is 0 Å². The van der Waals surface area contributed by atoms with Crippen molar-refractivity contribution < 1.29 is 24.0 Å². The number of amides is 2. The Hall–Kier alpha value is -2.57. The van der Waals surface area contributed by atoms with Crippen LogP contribution in [0.15, 0.2) is 24.3 Å². The van der Waals surface area contributed by atoms with Crippen LogP contribution in [0.25, 0.3) is 0 Å². The summed E-state index contributed by atoms with van der Waals surface area (Å²) in [5.41, 5.74) is 5.62. The van der Waals surface area contributed by atoms with Gasteiger partial charge in [0.05, 0.1) is 12.3 Å². The first-order valence-corrected chi connectivity index (χ1v) is 5.51. The second-order valence-corrected chi connectivity index (χ2v) is 3.49. The molecule has 0 bridgehead atoms. The number of nitrogens with zero attached hydrogens (tertiary/aromatic N) is 1. The molecular weight excluding hydrogens is 252 g/mol. The van der Waals surface area contributed by atoms with Gasteiger partial charge in [0.1, 0.15) is 0 Å². The fourth-order valence-electron chi connectivity index (χ4n) is 1.27. The molecule has 7 heteroatoms. The molecule has 0 heterocycles. The van der Waals surface area contributed by atoms with Crippen molar-refractivity contribution in [3.05, 3.63) is 29.8 Å². The molecule has 7 nitrogen and oxygen atoms in total. The zero-order chi connectivity index (χ0) is 14.4. The van der Waals surface area contributed by atoms with Crippen LogP contribution >= 0.6 is 0 Å². The van der Waals surface area contributed by atoms with Crippen molar-refractivity contribution in [2.75, 3.05) is 11.7 Å². The third kappa shape index (κ3) is 3.98. The van der Waals surface area contributed by atoms with Gasteiger partial charge in [0, 0.05) is 12.5 Å². The number of ether oxygens (including phenoxy) is 1. The van der Waals surface area contributed by atoms with Crippen LogP contribution in [0, 0.1) is 0 Å². The lowest BCUT2D eigenvalue weighted by Crippen LogP contribution is -2.33. The number of nitrogens with two attached hydrogens (primary N) is 1. The fraction of sp³-hybridized carbons (Fsp3) is 0.250. The lowest BCUT2D eigenvalue weighted by molar-refractivity contribution is -0.141. The maximum atomic E-state index is 11.6. The van der Waals surface area contributed by atoms with Crippen LogP contribution in [0.4, 0.5) is 10.5 Å². The Labute approximate surface area is 109 Å². The molecule has 19 heavy (non-hydrogen) atoms. The van der Waals surface area contributed by atoms with Crippen molar-refractivity contribution >= 4 is 23.7 Å². The third-order valence-electron chi connectivity index (χ3n) is 2.04. The normalized spacial score (nSPS) is 9.58. The fourth-order valence-corrected chi connectivity index (χ4v) is 1.27. The van der Waals surface area contributed by atoms with Gasteiger partial charge in [-0.2, -0.15) is 0 Å². The first-order chi connectivity index (χ1) is 8.95. The molecule has 1 aromatic rings. The second-order valence-electron chi connectivity index (χ2n) is 3.49. The molecule has 102 valence electrons. The molecule has 0 atom stereocenters. The van der Waals surface area contributed by atoms with Crippen LogP contribution < -0.4 is 10.8 Å². The molecule has 0 aromatic heterocycles. The first kappa shape index (κ1) is 14.5. The van der Waals surface area contributed by atoms with Gasteiger partial charge in [-0.25, -0.2) is 9.59 Å². The number of benzene rings is 1. The smallest absolute Gasteiger partial charge is 0.447 e. The van der Waals surface area contributed by atoms with Crippen molar-refractivity contribution in [3.63, 3.8) is 0 Å². The summed E-state index contributed by atoms with van der Waals surface area (Å²) in [7, 11) is 0. The Morgan fingerprint density at radius 1 is 1.21 bits per heavy atom. The number of hydrogen-bond acceptors (Lipinski definition) is 5. The minimum atomic E-state index is -0.829. The lowest BCUT2D eigenvalue weighted by atomic mass is 10.2. The first-order valence-electron chi connectivity index (χ1n) is 5.51. The van der Waals surface area contributed by atoms with Crippen molar-refractivity contribution in [2.24, 2.45) is 5.73 Å². The summed E-state index contributed by atoms with van der Waals surface area (Å²) in [5.74, 6) is -1.27. The number of hydroxylamine groups is 1. The van der Waals surface area contributed by atoms with E-state index in [2.05, 4.69) is 0 Å². The Balaban J connectivity index is 2.99. The Morgan fingerprint density at radius 3 is 2.21 bits per heavy atom. The van der Waals surface area contributed by atoms with Crippen molar-refractivity contribution in [3.8, 4) is 0 Å². The summed E-state index contributed by atoms with van der Waals surface area (Å²) < 4.78 is 4.76. The Bertz CT molecular complexity index is 483. The predicted octanol–water partition coefficient (Wildman–Crippen LogP) is 1.23. The average Bonchev–Trinajstić information content (AvgIpc) is 2.36. The SMILES string of the molecule is CCOC(=O)N(OC(C)=O)c1ccc(C(N)=O)cc1. The van der Waals surface area contributed by atoms with E-state index in [1.807, 2.05) is 0 Å². The molecule has 0 fully saturated rings. The highest BCUT2D eigenvalue weighted by molar-refractivity contribution is 5.94. The third-order valence-corrected chi connectivity index (χ3v) is 2.04. The molecule has 1 rings (SSSR count). The minimum Gasteiger partial charge on any atom is -0.447 e. The zero-order valence-electron chi connectivity index (χ0n) is 10.6. The summed E-state index contributed by atoms with van der Waals surface area (Å²) in [6.07, 6.45) is -0.829. The number of rotatable bonds is 3. The van der Waals surface area contributed by atoms with Crippen LogP contribution in [0.3, 0.4) is 0 Å². The monoisotopic (exact) mass is 266 g/mol.